The second kappa shape index (κ2) is 4.62. The van der Waals surface area contributed by atoms with E-state index in [0.29, 0.717) is 11.1 Å². The third kappa shape index (κ3) is 2.41. The molecule has 0 atom stereocenters. The van der Waals surface area contributed by atoms with Gasteiger partial charge in [-0.1, -0.05) is 17.7 Å². The number of halogens is 2. The van der Waals surface area contributed by atoms with Crippen LogP contribution in [0.4, 0.5) is 15.8 Å². The van der Waals surface area contributed by atoms with Crippen LogP contribution in [0.5, 0.6) is 0 Å². The van der Waals surface area contributed by atoms with Crippen molar-refractivity contribution >= 4 is 23.0 Å². The standard InChI is InChI=1S/C12H8ClFN2O2/c13-9-3-8(4-10(14)6-9)7-1-2-11(15)12(5-7)16(17)18/h1-6H,15H2. The van der Waals surface area contributed by atoms with Gasteiger partial charge in [0.15, 0.2) is 0 Å². The maximum absolute atomic E-state index is 13.2. The minimum Gasteiger partial charge on any atom is -0.393 e. The van der Waals surface area contributed by atoms with Crippen LogP contribution >= 0.6 is 11.6 Å². The van der Waals surface area contributed by atoms with Crippen LogP contribution in [0, 0.1) is 15.9 Å². The van der Waals surface area contributed by atoms with Crippen molar-refractivity contribution in [2.45, 2.75) is 0 Å². The number of nitro benzene ring substituents is 1. The smallest absolute Gasteiger partial charge is 0.292 e. The van der Waals surface area contributed by atoms with Gasteiger partial charge >= 0.3 is 0 Å². The zero-order chi connectivity index (χ0) is 13.3. The van der Waals surface area contributed by atoms with E-state index in [4.69, 9.17) is 17.3 Å². The predicted molar refractivity (Wildman–Crippen MR) is 67.9 cm³/mol. The first-order chi connectivity index (χ1) is 8.47. The summed E-state index contributed by atoms with van der Waals surface area (Å²) in [7, 11) is 0. The number of nitrogens with zero attached hydrogens (tertiary/aromatic N) is 1. The van der Waals surface area contributed by atoms with Gasteiger partial charge in [0.2, 0.25) is 0 Å². The van der Waals surface area contributed by atoms with Crippen LogP contribution in [-0.2, 0) is 0 Å². The predicted octanol–water partition coefficient (Wildman–Crippen LogP) is 3.64. The molecule has 4 nitrogen and oxygen atoms in total. The molecule has 0 aliphatic rings. The third-order valence-corrected chi connectivity index (χ3v) is 2.64. The molecule has 0 aromatic heterocycles. The maximum atomic E-state index is 13.2. The topological polar surface area (TPSA) is 69.2 Å². The SMILES string of the molecule is Nc1ccc(-c2cc(F)cc(Cl)c2)cc1[N+](=O)[O-]. The molecule has 6 heteroatoms. The highest BCUT2D eigenvalue weighted by Crippen LogP contribution is 2.30. The van der Waals surface area contributed by atoms with Gasteiger partial charge in [0.25, 0.3) is 5.69 Å². The van der Waals surface area contributed by atoms with Crippen LogP contribution in [0.15, 0.2) is 36.4 Å². The second-order valence-corrected chi connectivity index (χ2v) is 4.13. The van der Waals surface area contributed by atoms with Crippen LogP contribution in [0.25, 0.3) is 11.1 Å². The Morgan fingerprint density at radius 1 is 1.17 bits per heavy atom. The van der Waals surface area contributed by atoms with E-state index in [9.17, 15) is 14.5 Å². The van der Waals surface area contributed by atoms with Crippen molar-refractivity contribution in [3.63, 3.8) is 0 Å². The lowest BCUT2D eigenvalue weighted by Crippen LogP contribution is -1.95. The molecule has 2 rings (SSSR count). The molecule has 0 radical (unpaired) electrons. The van der Waals surface area contributed by atoms with Crippen molar-refractivity contribution in [2.24, 2.45) is 0 Å². The maximum Gasteiger partial charge on any atom is 0.292 e. The molecule has 18 heavy (non-hydrogen) atoms. The lowest BCUT2D eigenvalue weighted by molar-refractivity contribution is -0.383. The van der Waals surface area contributed by atoms with Crippen LogP contribution in [0.3, 0.4) is 0 Å². The van der Waals surface area contributed by atoms with Crippen LogP contribution < -0.4 is 5.73 Å². The van der Waals surface area contributed by atoms with Crippen LogP contribution in [-0.4, -0.2) is 4.92 Å². The molecule has 2 aromatic carbocycles. The highest BCUT2D eigenvalue weighted by Gasteiger charge is 2.13. The highest BCUT2D eigenvalue weighted by atomic mass is 35.5. The average Bonchev–Trinajstić information content (AvgIpc) is 2.27. The van der Waals surface area contributed by atoms with Gasteiger partial charge < -0.3 is 5.73 Å². The minimum absolute atomic E-state index is 0.0613. The fourth-order valence-electron chi connectivity index (χ4n) is 1.60. The lowest BCUT2D eigenvalue weighted by atomic mass is 10.0. The molecule has 0 unspecified atom stereocenters. The van der Waals surface area contributed by atoms with E-state index in [0.717, 1.165) is 6.07 Å². The summed E-state index contributed by atoms with van der Waals surface area (Å²) in [6.45, 7) is 0. The third-order valence-electron chi connectivity index (χ3n) is 2.42. The van der Waals surface area contributed by atoms with Crippen molar-refractivity contribution in [3.05, 3.63) is 57.4 Å². The van der Waals surface area contributed by atoms with Gasteiger partial charge in [0, 0.05) is 11.1 Å². The van der Waals surface area contributed by atoms with Gasteiger partial charge in [-0.15, -0.1) is 0 Å². The summed E-state index contributed by atoms with van der Waals surface area (Å²) in [5, 5.41) is 11.0. The van der Waals surface area contributed by atoms with Crippen LogP contribution in [0.1, 0.15) is 0 Å². The number of hydrogen-bond donors (Lipinski definition) is 1. The number of benzene rings is 2. The number of nitrogens with two attached hydrogens (primary N) is 1. The number of rotatable bonds is 2. The van der Waals surface area contributed by atoms with Crippen molar-refractivity contribution in [3.8, 4) is 11.1 Å². The zero-order valence-electron chi connectivity index (χ0n) is 9.06. The minimum atomic E-state index is -0.584. The number of hydrogen-bond acceptors (Lipinski definition) is 3. The summed E-state index contributed by atoms with van der Waals surface area (Å²) < 4.78 is 13.2. The summed E-state index contributed by atoms with van der Waals surface area (Å²) in [4.78, 5) is 10.2. The summed E-state index contributed by atoms with van der Waals surface area (Å²) >= 11 is 5.74. The largest absolute Gasteiger partial charge is 0.393 e. The Balaban J connectivity index is 2.57. The van der Waals surface area contributed by atoms with E-state index in [2.05, 4.69) is 0 Å². The molecule has 0 spiro atoms. The Bertz CT molecular complexity index is 611. The van der Waals surface area contributed by atoms with Crippen LogP contribution in [0.2, 0.25) is 5.02 Å². The number of nitrogen functional groups attached to an aromatic ring is 1. The van der Waals surface area contributed by atoms with E-state index in [1.54, 1.807) is 6.07 Å². The highest BCUT2D eigenvalue weighted by molar-refractivity contribution is 6.30. The number of nitro groups is 1. The molecule has 0 saturated carbocycles. The molecule has 0 aliphatic carbocycles. The van der Waals surface area contributed by atoms with E-state index < -0.39 is 10.7 Å². The van der Waals surface area contributed by atoms with Gasteiger partial charge in [-0.2, -0.15) is 0 Å². The molecule has 0 aliphatic heterocycles. The van der Waals surface area contributed by atoms with Gasteiger partial charge in [-0.3, -0.25) is 10.1 Å². The van der Waals surface area contributed by atoms with Gasteiger partial charge in [0.05, 0.1) is 4.92 Å². The van der Waals surface area contributed by atoms with E-state index in [1.165, 1.54) is 24.3 Å². The fraction of sp³-hybridized carbons (Fsp3) is 0. The van der Waals surface area contributed by atoms with Gasteiger partial charge in [0.1, 0.15) is 11.5 Å². The summed E-state index contributed by atoms with van der Waals surface area (Å²) in [5.74, 6) is -0.503. The van der Waals surface area contributed by atoms with E-state index >= 15 is 0 Å². The molecular weight excluding hydrogens is 259 g/mol. The Morgan fingerprint density at radius 3 is 2.50 bits per heavy atom. The number of anilines is 1. The van der Waals surface area contributed by atoms with Gasteiger partial charge in [-0.05, 0) is 35.4 Å². The lowest BCUT2D eigenvalue weighted by Gasteiger charge is -2.04. The molecule has 2 N–H and O–H groups in total. The first-order valence-corrected chi connectivity index (χ1v) is 5.35. The molecular formula is C12H8ClFN2O2. The van der Waals surface area contributed by atoms with Crippen molar-refractivity contribution in [2.75, 3.05) is 5.73 Å². The Hall–Kier alpha value is -2.14. The Kier molecular flexibility index (Phi) is 3.16. The van der Waals surface area contributed by atoms with Crippen molar-refractivity contribution in [1.82, 2.24) is 0 Å². The van der Waals surface area contributed by atoms with Crippen molar-refractivity contribution < 1.29 is 9.31 Å². The first kappa shape index (κ1) is 12.3. The Labute approximate surface area is 107 Å². The summed E-state index contributed by atoms with van der Waals surface area (Å²) in [6, 6.07) is 8.22. The Morgan fingerprint density at radius 2 is 1.89 bits per heavy atom. The molecule has 0 bridgehead atoms. The molecule has 2 aromatic rings. The quantitative estimate of drug-likeness (QED) is 0.512. The molecule has 0 amide bonds. The summed E-state index contributed by atoms with van der Waals surface area (Å²) in [6.07, 6.45) is 0. The molecule has 92 valence electrons. The summed E-state index contributed by atoms with van der Waals surface area (Å²) in [5.41, 5.74) is 6.28. The van der Waals surface area contributed by atoms with Crippen molar-refractivity contribution in [1.29, 1.82) is 0 Å². The van der Waals surface area contributed by atoms with E-state index in [1.807, 2.05) is 0 Å². The zero-order valence-corrected chi connectivity index (χ0v) is 9.82. The fourth-order valence-corrected chi connectivity index (χ4v) is 1.82. The normalized spacial score (nSPS) is 10.3. The molecule has 0 saturated heterocycles. The monoisotopic (exact) mass is 266 g/mol. The van der Waals surface area contributed by atoms with Gasteiger partial charge in [-0.25, -0.2) is 4.39 Å². The molecule has 0 fully saturated rings. The molecule has 0 heterocycles. The first-order valence-electron chi connectivity index (χ1n) is 4.98. The second-order valence-electron chi connectivity index (χ2n) is 3.69. The average molecular weight is 267 g/mol. The van der Waals surface area contributed by atoms with E-state index in [-0.39, 0.29) is 16.4 Å².